The van der Waals surface area contributed by atoms with E-state index in [2.05, 4.69) is 6.92 Å². The van der Waals surface area contributed by atoms with Crippen LogP contribution in [0.1, 0.15) is 23.7 Å². The molecule has 0 aromatic heterocycles. The quantitative estimate of drug-likeness (QED) is 0.863. The Morgan fingerprint density at radius 2 is 2.11 bits per heavy atom. The standard InChI is InChI=1S/C13H16Cl2N2O/c1-8-4-10(16)7-17(6-8)13(18)11-3-2-9(14)5-12(11)15/h2-3,5,8,10H,4,6-7,16H2,1H3. The molecule has 1 heterocycles. The van der Waals surface area contributed by atoms with Gasteiger partial charge in [0.25, 0.3) is 5.91 Å². The van der Waals surface area contributed by atoms with Gasteiger partial charge in [-0.25, -0.2) is 0 Å². The van der Waals surface area contributed by atoms with E-state index in [0.29, 0.717) is 28.1 Å². The normalized spacial score (nSPS) is 24.1. The lowest BCUT2D eigenvalue weighted by Crippen LogP contribution is -2.48. The van der Waals surface area contributed by atoms with E-state index in [1.807, 2.05) is 0 Å². The van der Waals surface area contributed by atoms with Crippen LogP contribution in [0.3, 0.4) is 0 Å². The maximum atomic E-state index is 12.4. The van der Waals surface area contributed by atoms with Crippen LogP contribution in [-0.4, -0.2) is 29.9 Å². The van der Waals surface area contributed by atoms with Gasteiger partial charge in [-0.15, -0.1) is 0 Å². The summed E-state index contributed by atoms with van der Waals surface area (Å²) in [6.45, 7) is 3.41. The smallest absolute Gasteiger partial charge is 0.255 e. The average molecular weight is 287 g/mol. The average Bonchev–Trinajstić information content (AvgIpc) is 2.26. The molecule has 0 spiro atoms. The maximum absolute atomic E-state index is 12.4. The zero-order chi connectivity index (χ0) is 13.3. The van der Waals surface area contributed by atoms with Gasteiger partial charge in [0, 0.05) is 24.2 Å². The molecule has 1 saturated heterocycles. The van der Waals surface area contributed by atoms with Gasteiger partial charge in [-0.2, -0.15) is 0 Å². The first-order chi connectivity index (χ1) is 8.47. The summed E-state index contributed by atoms with van der Waals surface area (Å²) in [6.07, 6.45) is 0.956. The second-order valence-electron chi connectivity index (χ2n) is 4.94. The zero-order valence-electron chi connectivity index (χ0n) is 10.2. The fraction of sp³-hybridized carbons (Fsp3) is 0.462. The van der Waals surface area contributed by atoms with Gasteiger partial charge < -0.3 is 10.6 Å². The van der Waals surface area contributed by atoms with Gasteiger partial charge in [-0.05, 0) is 30.5 Å². The lowest BCUT2D eigenvalue weighted by Gasteiger charge is -2.35. The fourth-order valence-electron chi connectivity index (χ4n) is 2.40. The molecule has 1 fully saturated rings. The Morgan fingerprint density at radius 3 is 2.72 bits per heavy atom. The van der Waals surface area contributed by atoms with Crippen molar-refractivity contribution < 1.29 is 4.79 Å². The van der Waals surface area contributed by atoms with E-state index in [1.165, 1.54) is 0 Å². The molecular formula is C13H16Cl2N2O. The van der Waals surface area contributed by atoms with E-state index in [0.717, 1.165) is 13.0 Å². The van der Waals surface area contributed by atoms with Crippen LogP contribution in [0, 0.1) is 5.92 Å². The molecule has 0 aliphatic carbocycles. The highest BCUT2D eigenvalue weighted by Gasteiger charge is 2.27. The molecule has 0 saturated carbocycles. The van der Waals surface area contributed by atoms with Crippen molar-refractivity contribution in [1.82, 2.24) is 4.90 Å². The van der Waals surface area contributed by atoms with Crippen molar-refractivity contribution in [2.45, 2.75) is 19.4 Å². The minimum absolute atomic E-state index is 0.0452. The van der Waals surface area contributed by atoms with Crippen LogP contribution in [0.2, 0.25) is 10.0 Å². The Morgan fingerprint density at radius 1 is 1.39 bits per heavy atom. The van der Waals surface area contributed by atoms with Crippen molar-refractivity contribution >= 4 is 29.1 Å². The number of nitrogens with zero attached hydrogens (tertiary/aromatic N) is 1. The Hall–Kier alpha value is -0.770. The van der Waals surface area contributed by atoms with E-state index in [1.54, 1.807) is 23.1 Å². The molecule has 1 aromatic carbocycles. The SMILES string of the molecule is CC1CC(N)CN(C(=O)c2ccc(Cl)cc2Cl)C1. The molecule has 1 aliphatic heterocycles. The van der Waals surface area contributed by atoms with Crippen LogP contribution in [0.4, 0.5) is 0 Å². The van der Waals surface area contributed by atoms with Gasteiger partial charge in [0.15, 0.2) is 0 Å². The highest BCUT2D eigenvalue weighted by Crippen LogP contribution is 2.24. The van der Waals surface area contributed by atoms with Crippen LogP contribution in [0.25, 0.3) is 0 Å². The number of likely N-dealkylation sites (tertiary alicyclic amines) is 1. The molecule has 2 unspecified atom stereocenters. The van der Waals surface area contributed by atoms with Crippen molar-refractivity contribution in [1.29, 1.82) is 0 Å². The highest BCUT2D eigenvalue weighted by molar-refractivity contribution is 6.36. The van der Waals surface area contributed by atoms with Crippen LogP contribution in [0.5, 0.6) is 0 Å². The van der Waals surface area contributed by atoms with E-state index in [9.17, 15) is 4.79 Å². The molecule has 2 atom stereocenters. The predicted molar refractivity (Wildman–Crippen MR) is 74.1 cm³/mol. The Balaban J connectivity index is 2.20. The number of hydrogen-bond acceptors (Lipinski definition) is 2. The number of carbonyl (C=O) groups excluding carboxylic acids is 1. The fourth-order valence-corrected chi connectivity index (χ4v) is 2.89. The third-order valence-electron chi connectivity index (χ3n) is 3.14. The molecule has 3 nitrogen and oxygen atoms in total. The van der Waals surface area contributed by atoms with E-state index in [-0.39, 0.29) is 11.9 Å². The lowest BCUT2D eigenvalue weighted by atomic mass is 9.96. The summed E-state index contributed by atoms with van der Waals surface area (Å²) < 4.78 is 0. The maximum Gasteiger partial charge on any atom is 0.255 e. The van der Waals surface area contributed by atoms with E-state index in [4.69, 9.17) is 28.9 Å². The van der Waals surface area contributed by atoms with Gasteiger partial charge in [0.05, 0.1) is 10.6 Å². The zero-order valence-corrected chi connectivity index (χ0v) is 11.7. The van der Waals surface area contributed by atoms with Crippen LogP contribution in [-0.2, 0) is 0 Å². The number of hydrogen-bond donors (Lipinski definition) is 1. The first-order valence-corrected chi connectivity index (χ1v) is 6.73. The van der Waals surface area contributed by atoms with Gasteiger partial charge in [0.1, 0.15) is 0 Å². The minimum Gasteiger partial charge on any atom is -0.337 e. The van der Waals surface area contributed by atoms with Gasteiger partial charge in [-0.3, -0.25) is 4.79 Å². The number of amides is 1. The van der Waals surface area contributed by atoms with E-state index >= 15 is 0 Å². The summed E-state index contributed by atoms with van der Waals surface area (Å²) in [7, 11) is 0. The third-order valence-corrected chi connectivity index (χ3v) is 3.69. The van der Waals surface area contributed by atoms with Crippen molar-refractivity contribution in [3.8, 4) is 0 Å². The summed E-state index contributed by atoms with van der Waals surface area (Å²) in [5.41, 5.74) is 6.43. The second kappa shape index (κ2) is 5.47. The topological polar surface area (TPSA) is 46.3 Å². The largest absolute Gasteiger partial charge is 0.337 e. The molecule has 0 bridgehead atoms. The number of piperidine rings is 1. The summed E-state index contributed by atoms with van der Waals surface area (Å²) in [5, 5.41) is 0.916. The predicted octanol–water partition coefficient (Wildman–Crippen LogP) is 2.80. The third kappa shape index (κ3) is 2.97. The molecule has 18 heavy (non-hydrogen) atoms. The van der Waals surface area contributed by atoms with Crippen molar-refractivity contribution in [2.75, 3.05) is 13.1 Å². The van der Waals surface area contributed by atoms with Gasteiger partial charge >= 0.3 is 0 Å². The first kappa shape index (κ1) is 13.7. The van der Waals surface area contributed by atoms with Gasteiger partial charge in [0.2, 0.25) is 0 Å². The molecule has 1 aromatic rings. The Labute approximate surface area is 117 Å². The molecule has 5 heteroatoms. The number of halogens is 2. The van der Waals surface area contributed by atoms with Crippen LogP contribution < -0.4 is 5.73 Å². The molecule has 2 N–H and O–H groups in total. The summed E-state index contributed by atoms with van der Waals surface area (Å²) >= 11 is 11.9. The van der Waals surface area contributed by atoms with Crippen molar-refractivity contribution in [3.05, 3.63) is 33.8 Å². The summed E-state index contributed by atoms with van der Waals surface area (Å²) in [4.78, 5) is 14.1. The van der Waals surface area contributed by atoms with Crippen LogP contribution >= 0.6 is 23.2 Å². The van der Waals surface area contributed by atoms with Crippen molar-refractivity contribution in [2.24, 2.45) is 11.7 Å². The second-order valence-corrected chi connectivity index (χ2v) is 5.78. The first-order valence-electron chi connectivity index (χ1n) is 5.97. The van der Waals surface area contributed by atoms with E-state index < -0.39 is 0 Å². The lowest BCUT2D eigenvalue weighted by molar-refractivity contribution is 0.0661. The molecule has 98 valence electrons. The summed E-state index contributed by atoms with van der Waals surface area (Å²) in [5.74, 6) is 0.349. The summed E-state index contributed by atoms with van der Waals surface area (Å²) in [6, 6.07) is 4.97. The minimum atomic E-state index is -0.0707. The highest BCUT2D eigenvalue weighted by atomic mass is 35.5. The van der Waals surface area contributed by atoms with Gasteiger partial charge in [-0.1, -0.05) is 30.1 Å². The molecule has 0 radical (unpaired) electrons. The van der Waals surface area contributed by atoms with Crippen LogP contribution in [0.15, 0.2) is 18.2 Å². The number of carbonyl (C=O) groups is 1. The molecule has 1 aliphatic rings. The Kier molecular flexibility index (Phi) is 4.15. The molecular weight excluding hydrogens is 271 g/mol. The molecule has 1 amide bonds. The molecule has 2 rings (SSSR count). The monoisotopic (exact) mass is 286 g/mol. The number of rotatable bonds is 1. The number of benzene rings is 1. The van der Waals surface area contributed by atoms with Crippen molar-refractivity contribution in [3.63, 3.8) is 0 Å². The Bertz CT molecular complexity index is 454. The number of nitrogens with two attached hydrogens (primary N) is 1.